The zero-order valence-electron chi connectivity index (χ0n) is 7.56. The Morgan fingerprint density at radius 1 is 1.46 bits per heavy atom. The highest BCUT2D eigenvalue weighted by molar-refractivity contribution is 7.99. The highest BCUT2D eigenvalue weighted by Crippen LogP contribution is 2.21. The first kappa shape index (κ1) is 12.7. The van der Waals surface area contributed by atoms with Gasteiger partial charge in [0.2, 0.25) is 0 Å². The topological polar surface area (TPSA) is 37.3 Å². The van der Waals surface area contributed by atoms with E-state index in [0.29, 0.717) is 5.75 Å². The van der Waals surface area contributed by atoms with E-state index in [1.807, 2.05) is 6.92 Å². The van der Waals surface area contributed by atoms with Gasteiger partial charge in [0.05, 0.1) is 5.75 Å². The van der Waals surface area contributed by atoms with Crippen LogP contribution in [0.15, 0.2) is 0 Å². The van der Waals surface area contributed by atoms with Gasteiger partial charge in [-0.1, -0.05) is 19.8 Å². The minimum Gasteiger partial charge on any atom is -0.477 e. The highest BCUT2D eigenvalue weighted by Gasteiger charge is 2.38. The van der Waals surface area contributed by atoms with Crippen LogP contribution in [0.4, 0.5) is 8.78 Å². The van der Waals surface area contributed by atoms with E-state index in [1.54, 1.807) is 0 Å². The summed E-state index contributed by atoms with van der Waals surface area (Å²) in [5, 5.41) is 8.08. The third kappa shape index (κ3) is 5.85. The van der Waals surface area contributed by atoms with E-state index >= 15 is 0 Å². The van der Waals surface area contributed by atoms with Crippen molar-refractivity contribution >= 4 is 17.7 Å². The summed E-state index contributed by atoms with van der Waals surface area (Å²) in [6.07, 6.45) is 2.92. The minimum atomic E-state index is -3.57. The third-order valence-electron chi connectivity index (χ3n) is 1.49. The van der Waals surface area contributed by atoms with E-state index in [4.69, 9.17) is 5.11 Å². The molecule has 0 radical (unpaired) electrons. The van der Waals surface area contributed by atoms with Gasteiger partial charge < -0.3 is 5.11 Å². The molecule has 0 bridgehead atoms. The van der Waals surface area contributed by atoms with Crippen LogP contribution >= 0.6 is 11.8 Å². The fraction of sp³-hybridized carbons (Fsp3) is 0.875. The largest absolute Gasteiger partial charge is 0.477 e. The number of hydrogen-bond donors (Lipinski definition) is 1. The quantitative estimate of drug-likeness (QED) is 0.659. The lowest BCUT2D eigenvalue weighted by molar-refractivity contribution is -0.161. The Bertz CT molecular complexity index is 162. The molecule has 13 heavy (non-hydrogen) atoms. The fourth-order valence-corrected chi connectivity index (χ4v) is 1.65. The van der Waals surface area contributed by atoms with Crippen LogP contribution in [-0.4, -0.2) is 28.5 Å². The Morgan fingerprint density at radius 2 is 2.08 bits per heavy atom. The molecule has 0 saturated carbocycles. The molecule has 1 N–H and O–H groups in total. The molecule has 0 aliphatic heterocycles. The lowest BCUT2D eigenvalue weighted by Gasteiger charge is -2.09. The van der Waals surface area contributed by atoms with Crippen molar-refractivity contribution in [3.63, 3.8) is 0 Å². The van der Waals surface area contributed by atoms with Crippen LogP contribution < -0.4 is 0 Å². The number of alkyl halides is 2. The van der Waals surface area contributed by atoms with Crippen LogP contribution in [0.1, 0.15) is 26.2 Å². The van der Waals surface area contributed by atoms with E-state index in [2.05, 4.69) is 0 Å². The summed E-state index contributed by atoms with van der Waals surface area (Å²) >= 11 is 0.998. The second kappa shape index (κ2) is 6.18. The van der Waals surface area contributed by atoms with Crippen molar-refractivity contribution in [3.8, 4) is 0 Å². The van der Waals surface area contributed by atoms with Crippen molar-refractivity contribution in [2.45, 2.75) is 32.1 Å². The number of carboxylic acids is 1. The monoisotopic (exact) mass is 212 g/mol. The molecule has 78 valence electrons. The van der Waals surface area contributed by atoms with Crippen molar-refractivity contribution in [2.75, 3.05) is 11.5 Å². The van der Waals surface area contributed by atoms with Gasteiger partial charge in [-0.2, -0.15) is 20.5 Å². The number of carbonyl (C=O) groups is 1. The molecule has 0 aromatic rings. The molecule has 5 heteroatoms. The number of hydrogen-bond acceptors (Lipinski definition) is 2. The Hall–Kier alpha value is -0.320. The van der Waals surface area contributed by atoms with Gasteiger partial charge in [0.25, 0.3) is 0 Å². The average Bonchev–Trinajstić information content (AvgIpc) is 2.03. The lowest BCUT2D eigenvalue weighted by atomic mass is 10.3. The molecular weight excluding hydrogens is 198 g/mol. The normalized spacial score (nSPS) is 11.6. The Balaban J connectivity index is 3.46. The molecule has 0 aliphatic carbocycles. The Labute approximate surface area is 80.7 Å². The van der Waals surface area contributed by atoms with Crippen LogP contribution in [0.2, 0.25) is 0 Å². The molecule has 0 heterocycles. The van der Waals surface area contributed by atoms with Gasteiger partial charge in [0, 0.05) is 0 Å². The highest BCUT2D eigenvalue weighted by atomic mass is 32.2. The van der Waals surface area contributed by atoms with Gasteiger partial charge in [-0.3, -0.25) is 0 Å². The molecular formula is C8H14F2O2S. The summed E-state index contributed by atoms with van der Waals surface area (Å²) in [5.74, 6) is -5.62. The summed E-state index contributed by atoms with van der Waals surface area (Å²) in [6, 6.07) is 0. The zero-order valence-corrected chi connectivity index (χ0v) is 8.37. The molecule has 2 nitrogen and oxygen atoms in total. The predicted molar refractivity (Wildman–Crippen MR) is 49.4 cm³/mol. The molecule has 0 aliphatic rings. The number of carboxylic acid groups (broad SMARTS) is 1. The zero-order chi connectivity index (χ0) is 10.3. The molecule has 0 aromatic carbocycles. The first-order chi connectivity index (χ1) is 6.00. The van der Waals surface area contributed by atoms with Crippen LogP contribution in [0.5, 0.6) is 0 Å². The Morgan fingerprint density at radius 3 is 2.54 bits per heavy atom. The maximum absolute atomic E-state index is 12.4. The van der Waals surface area contributed by atoms with Gasteiger partial charge in [-0.05, 0) is 12.2 Å². The van der Waals surface area contributed by atoms with Gasteiger partial charge in [-0.15, -0.1) is 0 Å². The summed E-state index contributed by atoms with van der Waals surface area (Å²) in [5.41, 5.74) is 0. The van der Waals surface area contributed by atoms with E-state index in [9.17, 15) is 13.6 Å². The molecule has 0 fully saturated rings. The number of unbranched alkanes of at least 4 members (excludes halogenated alkanes) is 2. The maximum Gasteiger partial charge on any atom is 0.375 e. The van der Waals surface area contributed by atoms with Gasteiger partial charge >= 0.3 is 11.9 Å². The van der Waals surface area contributed by atoms with Crippen LogP contribution in [0, 0.1) is 0 Å². The second-order valence-electron chi connectivity index (χ2n) is 2.77. The lowest BCUT2D eigenvalue weighted by Crippen LogP contribution is -2.30. The van der Waals surface area contributed by atoms with Crippen molar-refractivity contribution in [3.05, 3.63) is 0 Å². The molecule has 0 rings (SSSR count). The SMILES string of the molecule is CCCCCSCC(F)(F)C(=O)O. The van der Waals surface area contributed by atoms with Gasteiger partial charge in [-0.25, -0.2) is 4.79 Å². The van der Waals surface area contributed by atoms with Gasteiger partial charge in [0.1, 0.15) is 0 Å². The van der Waals surface area contributed by atoms with Crippen molar-refractivity contribution in [1.82, 2.24) is 0 Å². The van der Waals surface area contributed by atoms with Crippen molar-refractivity contribution in [1.29, 1.82) is 0 Å². The minimum absolute atomic E-state index is 0.608. The van der Waals surface area contributed by atoms with E-state index < -0.39 is 17.6 Å². The third-order valence-corrected chi connectivity index (χ3v) is 2.63. The number of aliphatic carboxylic acids is 1. The van der Waals surface area contributed by atoms with E-state index in [0.717, 1.165) is 31.0 Å². The maximum atomic E-state index is 12.4. The predicted octanol–water partition coefficient (Wildman–Crippen LogP) is 2.63. The first-order valence-corrected chi connectivity index (χ1v) is 5.35. The fourth-order valence-electron chi connectivity index (χ4n) is 0.716. The second-order valence-corrected chi connectivity index (χ2v) is 3.87. The molecule has 0 amide bonds. The summed E-state index contributed by atoms with van der Waals surface area (Å²) in [4.78, 5) is 9.98. The standard InChI is InChI=1S/C8H14F2O2S/c1-2-3-4-5-13-6-8(9,10)7(11)12/h2-6H2,1H3,(H,11,12). The van der Waals surface area contributed by atoms with E-state index in [1.165, 1.54) is 0 Å². The van der Waals surface area contributed by atoms with Crippen LogP contribution in [-0.2, 0) is 4.79 Å². The number of halogens is 2. The van der Waals surface area contributed by atoms with Crippen LogP contribution in [0.3, 0.4) is 0 Å². The smallest absolute Gasteiger partial charge is 0.375 e. The summed E-state index contributed by atoms with van der Waals surface area (Å²) in [7, 11) is 0. The van der Waals surface area contributed by atoms with Gasteiger partial charge in [0.15, 0.2) is 0 Å². The summed E-state index contributed by atoms with van der Waals surface area (Å²) < 4.78 is 24.9. The molecule has 0 unspecified atom stereocenters. The Kier molecular flexibility index (Phi) is 6.03. The molecule has 0 spiro atoms. The molecule has 0 aromatic heterocycles. The molecule has 0 saturated heterocycles. The summed E-state index contributed by atoms with van der Waals surface area (Å²) in [6.45, 7) is 2.02. The average molecular weight is 212 g/mol. The van der Waals surface area contributed by atoms with E-state index in [-0.39, 0.29) is 0 Å². The molecule has 0 atom stereocenters. The van der Waals surface area contributed by atoms with Crippen LogP contribution in [0.25, 0.3) is 0 Å². The van der Waals surface area contributed by atoms with Crippen molar-refractivity contribution < 1.29 is 18.7 Å². The number of thioether (sulfide) groups is 1. The van der Waals surface area contributed by atoms with Crippen molar-refractivity contribution in [2.24, 2.45) is 0 Å². The number of rotatable bonds is 7. The first-order valence-electron chi connectivity index (χ1n) is 4.19.